The first-order valence-corrected chi connectivity index (χ1v) is 7.03. The van der Waals surface area contributed by atoms with E-state index >= 15 is 0 Å². The third kappa shape index (κ3) is 4.13. The SMILES string of the molecule is C/C=C/C=C/C(=O)OCc1cc(=O)n2cc(Br)ccc2n1. The summed E-state index contributed by atoms with van der Waals surface area (Å²) in [6.07, 6.45) is 8.06. The van der Waals surface area contributed by atoms with Gasteiger partial charge in [0.15, 0.2) is 0 Å². The fraction of sp³-hybridized carbons (Fsp3) is 0.133. The molecule has 2 rings (SSSR count). The van der Waals surface area contributed by atoms with Gasteiger partial charge in [0, 0.05) is 22.8 Å². The lowest BCUT2D eigenvalue weighted by molar-refractivity contribution is -0.139. The Hall–Kier alpha value is -2.21. The highest BCUT2D eigenvalue weighted by Crippen LogP contribution is 2.09. The van der Waals surface area contributed by atoms with Crippen molar-refractivity contribution in [3.8, 4) is 0 Å². The molecule has 0 bridgehead atoms. The molecule has 2 aromatic rings. The maximum absolute atomic E-state index is 11.9. The van der Waals surface area contributed by atoms with Crippen LogP contribution in [0.2, 0.25) is 0 Å². The van der Waals surface area contributed by atoms with E-state index in [2.05, 4.69) is 20.9 Å². The zero-order chi connectivity index (χ0) is 15.2. The summed E-state index contributed by atoms with van der Waals surface area (Å²) in [6, 6.07) is 4.85. The van der Waals surface area contributed by atoms with Gasteiger partial charge in [0.1, 0.15) is 12.3 Å². The highest BCUT2D eigenvalue weighted by atomic mass is 79.9. The van der Waals surface area contributed by atoms with Gasteiger partial charge < -0.3 is 4.74 Å². The number of pyridine rings is 1. The van der Waals surface area contributed by atoms with Gasteiger partial charge in [-0.3, -0.25) is 9.20 Å². The highest BCUT2D eigenvalue weighted by Gasteiger charge is 2.05. The molecule has 2 heterocycles. The number of carbonyl (C=O) groups is 1. The van der Waals surface area contributed by atoms with E-state index in [0.29, 0.717) is 11.3 Å². The van der Waals surface area contributed by atoms with Crippen LogP contribution in [0, 0.1) is 0 Å². The van der Waals surface area contributed by atoms with Crippen molar-refractivity contribution in [3.63, 3.8) is 0 Å². The minimum atomic E-state index is -0.481. The molecule has 5 nitrogen and oxygen atoms in total. The first-order valence-electron chi connectivity index (χ1n) is 6.24. The number of halogens is 1. The monoisotopic (exact) mass is 348 g/mol. The zero-order valence-electron chi connectivity index (χ0n) is 11.3. The summed E-state index contributed by atoms with van der Waals surface area (Å²) < 4.78 is 7.23. The number of fused-ring (bicyclic) bond motifs is 1. The van der Waals surface area contributed by atoms with Gasteiger partial charge in [0.2, 0.25) is 0 Å². The van der Waals surface area contributed by atoms with E-state index in [-0.39, 0.29) is 12.2 Å². The van der Waals surface area contributed by atoms with Crippen LogP contribution in [0.25, 0.3) is 5.65 Å². The second kappa shape index (κ2) is 6.99. The zero-order valence-corrected chi connectivity index (χ0v) is 12.9. The quantitative estimate of drug-likeness (QED) is 0.484. The average molecular weight is 349 g/mol. The first-order chi connectivity index (χ1) is 10.1. The Labute approximate surface area is 129 Å². The molecule has 0 aliphatic carbocycles. The molecule has 0 aromatic carbocycles. The van der Waals surface area contributed by atoms with E-state index in [1.165, 1.54) is 16.5 Å². The predicted octanol–water partition coefficient (Wildman–Crippen LogP) is 2.63. The second-order valence-corrected chi connectivity index (χ2v) is 5.07. The molecule has 0 unspecified atom stereocenters. The van der Waals surface area contributed by atoms with Crippen molar-refractivity contribution in [2.45, 2.75) is 13.5 Å². The first kappa shape index (κ1) is 15.2. The molecule has 0 amide bonds. The van der Waals surface area contributed by atoms with Crippen LogP contribution in [0.5, 0.6) is 0 Å². The normalized spacial score (nSPS) is 11.5. The Balaban J connectivity index is 2.15. The van der Waals surface area contributed by atoms with Crippen LogP contribution in [0.1, 0.15) is 12.6 Å². The molecule has 0 aliphatic rings. The molecule has 6 heteroatoms. The number of allylic oxidation sites excluding steroid dienone is 3. The molecule has 0 N–H and O–H groups in total. The lowest BCUT2D eigenvalue weighted by atomic mass is 10.4. The number of esters is 1. The molecule has 21 heavy (non-hydrogen) atoms. The average Bonchev–Trinajstić information content (AvgIpc) is 2.46. The fourth-order valence-corrected chi connectivity index (χ4v) is 1.98. The largest absolute Gasteiger partial charge is 0.456 e. The van der Waals surface area contributed by atoms with E-state index in [4.69, 9.17) is 4.74 Å². The van der Waals surface area contributed by atoms with Gasteiger partial charge in [0.25, 0.3) is 5.56 Å². The molecule has 0 aliphatic heterocycles. The van der Waals surface area contributed by atoms with Crippen molar-refractivity contribution in [2.75, 3.05) is 0 Å². The summed E-state index contributed by atoms with van der Waals surface area (Å²) in [5.41, 5.74) is 0.688. The summed E-state index contributed by atoms with van der Waals surface area (Å²) in [6.45, 7) is 1.81. The number of ether oxygens (including phenoxy) is 1. The lowest BCUT2D eigenvalue weighted by Crippen LogP contribution is -2.16. The van der Waals surface area contributed by atoms with E-state index in [9.17, 15) is 9.59 Å². The predicted molar refractivity (Wildman–Crippen MR) is 82.9 cm³/mol. The highest BCUT2D eigenvalue weighted by molar-refractivity contribution is 9.10. The Morgan fingerprint density at radius 3 is 3.00 bits per heavy atom. The molecule has 0 radical (unpaired) electrons. The third-order valence-corrected chi connectivity index (χ3v) is 3.04. The number of carbonyl (C=O) groups excluding carboxylic acids is 1. The smallest absolute Gasteiger partial charge is 0.331 e. The van der Waals surface area contributed by atoms with Gasteiger partial charge in [-0.15, -0.1) is 0 Å². The van der Waals surface area contributed by atoms with E-state index in [1.54, 1.807) is 36.6 Å². The third-order valence-electron chi connectivity index (χ3n) is 2.57. The summed E-state index contributed by atoms with van der Waals surface area (Å²) in [7, 11) is 0. The van der Waals surface area contributed by atoms with Crippen molar-refractivity contribution < 1.29 is 9.53 Å². The van der Waals surface area contributed by atoms with Crippen LogP contribution in [0.15, 0.2) is 58.0 Å². The van der Waals surface area contributed by atoms with Gasteiger partial charge >= 0.3 is 5.97 Å². The van der Waals surface area contributed by atoms with Crippen molar-refractivity contribution >= 4 is 27.5 Å². The standard InChI is InChI=1S/C15H13BrN2O3/c1-2-3-4-5-15(20)21-10-12-8-14(19)18-9-11(16)6-7-13(18)17-12/h2-9H,10H2,1H3/b3-2+,5-4+. The number of aromatic nitrogens is 2. The Bertz CT molecular complexity index is 778. The second-order valence-electron chi connectivity index (χ2n) is 4.15. The minimum Gasteiger partial charge on any atom is -0.456 e. The van der Waals surface area contributed by atoms with Crippen LogP contribution in [0.3, 0.4) is 0 Å². The molecule has 0 saturated carbocycles. The maximum Gasteiger partial charge on any atom is 0.331 e. The molecule has 0 atom stereocenters. The fourth-order valence-electron chi connectivity index (χ4n) is 1.64. The van der Waals surface area contributed by atoms with Crippen LogP contribution >= 0.6 is 15.9 Å². The molecule has 0 saturated heterocycles. The van der Waals surface area contributed by atoms with Gasteiger partial charge in [-0.05, 0) is 35.0 Å². The van der Waals surface area contributed by atoms with Crippen molar-refractivity contribution in [1.82, 2.24) is 9.38 Å². The van der Waals surface area contributed by atoms with Crippen molar-refractivity contribution in [1.29, 1.82) is 0 Å². The number of hydrogen-bond donors (Lipinski definition) is 0. The summed E-state index contributed by atoms with van der Waals surface area (Å²) in [4.78, 5) is 27.6. The number of hydrogen-bond acceptors (Lipinski definition) is 4. The summed E-state index contributed by atoms with van der Waals surface area (Å²) >= 11 is 3.29. The van der Waals surface area contributed by atoms with Gasteiger partial charge in [-0.2, -0.15) is 0 Å². The molecular weight excluding hydrogens is 336 g/mol. The minimum absolute atomic E-state index is 0.0409. The molecule has 0 fully saturated rings. The number of rotatable bonds is 4. The van der Waals surface area contributed by atoms with E-state index in [1.807, 2.05) is 6.92 Å². The topological polar surface area (TPSA) is 60.7 Å². The van der Waals surface area contributed by atoms with Crippen LogP contribution in [-0.4, -0.2) is 15.4 Å². The summed E-state index contributed by atoms with van der Waals surface area (Å²) in [5, 5.41) is 0. The van der Waals surface area contributed by atoms with E-state index in [0.717, 1.165) is 4.47 Å². The Kier molecular flexibility index (Phi) is 5.05. The van der Waals surface area contributed by atoms with Gasteiger partial charge in [-0.1, -0.05) is 18.2 Å². The van der Waals surface area contributed by atoms with E-state index < -0.39 is 5.97 Å². The Morgan fingerprint density at radius 2 is 2.24 bits per heavy atom. The van der Waals surface area contributed by atoms with Crippen molar-refractivity contribution in [3.05, 3.63) is 69.2 Å². The Morgan fingerprint density at radius 1 is 1.43 bits per heavy atom. The molecule has 2 aromatic heterocycles. The van der Waals surface area contributed by atoms with Crippen LogP contribution in [-0.2, 0) is 16.1 Å². The maximum atomic E-state index is 11.9. The van der Waals surface area contributed by atoms with Crippen LogP contribution < -0.4 is 5.56 Å². The molecular formula is C15H13BrN2O3. The lowest BCUT2D eigenvalue weighted by Gasteiger charge is -2.04. The summed E-state index contributed by atoms with van der Waals surface area (Å²) in [5.74, 6) is -0.481. The number of nitrogens with zero attached hydrogens (tertiary/aromatic N) is 2. The molecule has 108 valence electrons. The van der Waals surface area contributed by atoms with Gasteiger partial charge in [-0.25, -0.2) is 9.78 Å². The van der Waals surface area contributed by atoms with Crippen molar-refractivity contribution in [2.24, 2.45) is 0 Å². The van der Waals surface area contributed by atoms with Gasteiger partial charge in [0.05, 0.1) is 5.69 Å². The van der Waals surface area contributed by atoms with Crippen LogP contribution in [0.4, 0.5) is 0 Å². The molecule has 0 spiro atoms.